The number of hydrogen-bond acceptors (Lipinski definition) is 4. The van der Waals surface area contributed by atoms with Gasteiger partial charge in [-0.1, -0.05) is 17.7 Å². The number of aliphatic carboxylic acids is 1. The second-order valence-corrected chi connectivity index (χ2v) is 7.52. The van der Waals surface area contributed by atoms with Crippen molar-refractivity contribution in [3.8, 4) is 0 Å². The van der Waals surface area contributed by atoms with E-state index in [9.17, 15) is 9.90 Å². The molecule has 0 radical (unpaired) electrons. The number of aryl methyl sites for hydroxylation is 2. The van der Waals surface area contributed by atoms with E-state index in [1.165, 1.54) is 15.3 Å². The number of nitrogens with zero attached hydrogens (tertiary/aromatic N) is 1. The second kappa shape index (κ2) is 6.20. The lowest BCUT2D eigenvalue weighted by Gasteiger charge is -2.16. The molecule has 1 atom stereocenters. The molecule has 0 spiro atoms. The predicted molar refractivity (Wildman–Crippen MR) is 86.2 cm³/mol. The Morgan fingerprint density at radius 3 is 2.90 bits per heavy atom. The van der Waals surface area contributed by atoms with Crippen molar-refractivity contribution in [2.75, 3.05) is 0 Å². The monoisotopic (exact) mass is 319 g/mol. The van der Waals surface area contributed by atoms with Gasteiger partial charge in [0.2, 0.25) is 0 Å². The maximum atomic E-state index is 11.3. The number of rotatable bonds is 4. The lowest BCUT2D eigenvalue weighted by atomic mass is 9.91. The summed E-state index contributed by atoms with van der Waals surface area (Å²) < 4.78 is 0. The van der Waals surface area contributed by atoms with Gasteiger partial charge in [-0.3, -0.25) is 4.79 Å². The molecular weight excluding hydrogens is 302 g/mol. The molecule has 1 N–H and O–H groups in total. The Hall–Kier alpha value is -1.33. The van der Waals surface area contributed by atoms with E-state index in [0.29, 0.717) is 0 Å². The van der Waals surface area contributed by atoms with E-state index >= 15 is 0 Å². The molecule has 0 aliphatic heterocycles. The smallest absolute Gasteiger partial charge is 0.312 e. The summed E-state index contributed by atoms with van der Waals surface area (Å²) in [7, 11) is 0. The first-order chi connectivity index (χ1) is 10.1. The molecule has 1 aromatic carbocycles. The fourth-order valence-corrected chi connectivity index (χ4v) is 4.61. The van der Waals surface area contributed by atoms with Crippen LogP contribution in [0.4, 0.5) is 0 Å². The van der Waals surface area contributed by atoms with Crippen LogP contribution in [0.25, 0.3) is 0 Å². The zero-order valence-electron chi connectivity index (χ0n) is 11.8. The van der Waals surface area contributed by atoms with Crippen molar-refractivity contribution in [2.24, 2.45) is 0 Å². The van der Waals surface area contributed by atoms with Crippen molar-refractivity contribution < 1.29 is 9.90 Å². The maximum Gasteiger partial charge on any atom is 0.312 e. The van der Waals surface area contributed by atoms with Gasteiger partial charge in [0.15, 0.2) is 0 Å². The average molecular weight is 319 g/mol. The summed E-state index contributed by atoms with van der Waals surface area (Å²) >= 11 is 3.44. The first-order valence-electron chi connectivity index (χ1n) is 7.04. The number of thioether (sulfide) groups is 1. The molecule has 2 aromatic rings. The molecule has 0 amide bonds. The van der Waals surface area contributed by atoms with Crippen LogP contribution in [0.15, 0.2) is 29.2 Å². The SMILES string of the molecule is Cc1ccc(SCc2nc3c(s2)CCCC3C(=O)O)cc1. The topological polar surface area (TPSA) is 50.2 Å². The molecule has 0 saturated heterocycles. The molecule has 1 unspecified atom stereocenters. The van der Waals surface area contributed by atoms with Gasteiger partial charge in [-0.05, 0) is 38.3 Å². The number of fused-ring (bicyclic) bond motifs is 1. The van der Waals surface area contributed by atoms with Crippen molar-refractivity contribution in [3.05, 3.63) is 45.4 Å². The quantitative estimate of drug-likeness (QED) is 0.856. The zero-order chi connectivity index (χ0) is 14.8. The van der Waals surface area contributed by atoms with Crippen LogP contribution in [0, 0.1) is 6.92 Å². The number of carboxylic acid groups (broad SMARTS) is 1. The van der Waals surface area contributed by atoms with Gasteiger partial charge in [-0.2, -0.15) is 0 Å². The molecule has 3 rings (SSSR count). The first-order valence-corrected chi connectivity index (χ1v) is 8.84. The number of hydrogen-bond donors (Lipinski definition) is 1. The molecule has 1 aliphatic carbocycles. The van der Waals surface area contributed by atoms with Crippen molar-refractivity contribution in [2.45, 2.75) is 42.8 Å². The minimum atomic E-state index is -0.737. The Balaban J connectivity index is 1.72. The largest absolute Gasteiger partial charge is 0.481 e. The highest BCUT2D eigenvalue weighted by Crippen LogP contribution is 2.36. The van der Waals surface area contributed by atoms with Crippen molar-refractivity contribution in [1.82, 2.24) is 4.98 Å². The summed E-state index contributed by atoms with van der Waals surface area (Å²) in [6.45, 7) is 2.08. The molecule has 0 bridgehead atoms. The van der Waals surface area contributed by atoms with Crippen molar-refractivity contribution in [1.29, 1.82) is 0 Å². The van der Waals surface area contributed by atoms with Crippen LogP contribution in [0.5, 0.6) is 0 Å². The number of aromatic nitrogens is 1. The number of benzene rings is 1. The Bertz CT molecular complexity index is 649. The molecule has 1 aliphatic rings. The van der Waals surface area contributed by atoms with Gasteiger partial charge in [0.05, 0.1) is 17.4 Å². The summed E-state index contributed by atoms with van der Waals surface area (Å²) in [6, 6.07) is 8.45. The van der Waals surface area contributed by atoms with E-state index in [1.54, 1.807) is 23.1 Å². The summed E-state index contributed by atoms with van der Waals surface area (Å²) in [6.07, 6.45) is 2.65. The van der Waals surface area contributed by atoms with E-state index in [2.05, 4.69) is 36.2 Å². The third-order valence-electron chi connectivity index (χ3n) is 3.68. The minimum Gasteiger partial charge on any atom is -0.481 e. The lowest BCUT2D eigenvalue weighted by Crippen LogP contribution is -2.17. The van der Waals surface area contributed by atoms with Gasteiger partial charge in [0, 0.05) is 9.77 Å². The van der Waals surface area contributed by atoms with Crippen molar-refractivity contribution >= 4 is 29.1 Å². The Morgan fingerprint density at radius 1 is 1.43 bits per heavy atom. The van der Waals surface area contributed by atoms with Crippen LogP contribution in [-0.4, -0.2) is 16.1 Å². The van der Waals surface area contributed by atoms with E-state index in [1.807, 2.05) is 0 Å². The Morgan fingerprint density at radius 2 is 2.19 bits per heavy atom. The number of thiazole rings is 1. The normalized spacial score (nSPS) is 17.5. The van der Waals surface area contributed by atoms with Crippen LogP contribution in [-0.2, 0) is 17.0 Å². The van der Waals surface area contributed by atoms with Crippen LogP contribution in [0.1, 0.15) is 39.9 Å². The maximum absolute atomic E-state index is 11.3. The third-order valence-corrected chi connectivity index (χ3v) is 6.02. The fraction of sp³-hybridized carbons (Fsp3) is 0.375. The summed E-state index contributed by atoms with van der Waals surface area (Å²) in [5.41, 5.74) is 2.08. The van der Waals surface area contributed by atoms with Gasteiger partial charge < -0.3 is 5.11 Å². The average Bonchev–Trinajstić information content (AvgIpc) is 2.89. The molecule has 1 aromatic heterocycles. The first kappa shape index (κ1) is 14.6. The molecule has 21 heavy (non-hydrogen) atoms. The van der Waals surface area contributed by atoms with E-state index < -0.39 is 11.9 Å². The molecule has 0 saturated carbocycles. The Kier molecular flexibility index (Phi) is 4.31. The fourth-order valence-electron chi connectivity index (χ4n) is 2.55. The second-order valence-electron chi connectivity index (χ2n) is 5.30. The molecule has 5 heteroatoms. The number of carboxylic acids is 1. The molecule has 0 fully saturated rings. The Labute approximate surface area is 132 Å². The van der Waals surface area contributed by atoms with Gasteiger partial charge in [-0.15, -0.1) is 23.1 Å². The van der Waals surface area contributed by atoms with Crippen LogP contribution in [0.2, 0.25) is 0 Å². The highest BCUT2D eigenvalue weighted by atomic mass is 32.2. The molecular formula is C16H17NO2S2. The van der Waals surface area contributed by atoms with Crippen molar-refractivity contribution in [3.63, 3.8) is 0 Å². The summed E-state index contributed by atoms with van der Waals surface area (Å²) in [5.74, 6) is -0.324. The standard InChI is InChI=1S/C16H17NO2S2/c1-10-5-7-11(8-6-10)20-9-14-17-15-12(16(18)19)3-2-4-13(15)21-14/h5-8,12H,2-4,9H2,1H3,(H,18,19). The number of carbonyl (C=O) groups is 1. The molecule has 1 heterocycles. The van der Waals surface area contributed by atoms with Gasteiger partial charge >= 0.3 is 5.97 Å². The third kappa shape index (κ3) is 3.30. The van der Waals surface area contributed by atoms with E-state index in [4.69, 9.17) is 0 Å². The van der Waals surface area contributed by atoms with Gasteiger partial charge in [0.1, 0.15) is 5.01 Å². The summed E-state index contributed by atoms with van der Waals surface area (Å²) in [4.78, 5) is 18.3. The highest BCUT2D eigenvalue weighted by Gasteiger charge is 2.29. The van der Waals surface area contributed by atoms with Crippen LogP contribution in [0.3, 0.4) is 0 Å². The van der Waals surface area contributed by atoms with Gasteiger partial charge in [0.25, 0.3) is 0 Å². The van der Waals surface area contributed by atoms with E-state index in [0.717, 1.165) is 35.7 Å². The lowest BCUT2D eigenvalue weighted by molar-refractivity contribution is -0.139. The predicted octanol–water partition coefficient (Wildman–Crippen LogP) is 4.25. The molecule has 110 valence electrons. The van der Waals surface area contributed by atoms with Gasteiger partial charge in [-0.25, -0.2) is 4.98 Å². The highest BCUT2D eigenvalue weighted by molar-refractivity contribution is 7.98. The van der Waals surface area contributed by atoms with Crippen LogP contribution < -0.4 is 0 Å². The molecule has 3 nitrogen and oxygen atoms in total. The zero-order valence-corrected chi connectivity index (χ0v) is 13.5. The summed E-state index contributed by atoms with van der Waals surface area (Å²) in [5, 5.41) is 10.3. The van der Waals surface area contributed by atoms with Crippen LogP contribution >= 0.6 is 23.1 Å². The van der Waals surface area contributed by atoms with E-state index in [-0.39, 0.29) is 0 Å². The minimum absolute atomic E-state index is 0.400.